The molecule has 25 heavy (non-hydrogen) atoms. The molecule has 2 aliphatic rings. The Morgan fingerprint density at radius 2 is 2.04 bits per heavy atom. The van der Waals surface area contributed by atoms with Crippen LogP contribution in [0.15, 0.2) is 36.8 Å². The summed E-state index contributed by atoms with van der Waals surface area (Å²) in [6.07, 6.45) is 10.4. The van der Waals surface area contributed by atoms with E-state index in [1.807, 2.05) is 23.2 Å². The summed E-state index contributed by atoms with van der Waals surface area (Å²) in [5, 5.41) is 4.19. The molecule has 6 heteroatoms. The average Bonchev–Trinajstić information content (AvgIpc) is 3.04. The van der Waals surface area contributed by atoms with E-state index in [0.29, 0.717) is 11.4 Å². The third-order valence-corrected chi connectivity index (χ3v) is 5.35. The maximum atomic E-state index is 12.9. The molecule has 0 aromatic carbocycles. The van der Waals surface area contributed by atoms with E-state index in [0.717, 1.165) is 38.5 Å². The van der Waals surface area contributed by atoms with E-state index in [9.17, 15) is 4.79 Å². The first-order valence-electron chi connectivity index (χ1n) is 9.27. The molecule has 1 amide bonds. The van der Waals surface area contributed by atoms with E-state index >= 15 is 0 Å². The van der Waals surface area contributed by atoms with Gasteiger partial charge in [-0.15, -0.1) is 0 Å². The summed E-state index contributed by atoms with van der Waals surface area (Å²) in [5.41, 5.74) is 0.688. The predicted molar refractivity (Wildman–Crippen MR) is 95.7 cm³/mol. The van der Waals surface area contributed by atoms with Gasteiger partial charge in [-0.25, -0.2) is 9.67 Å². The Morgan fingerprint density at radius 1 is 1.12 bits per heavy atom. The van der Waals surface area contributed by atoms with Crippen LogP contribution >= 0.6 is 0 Å². The van der Waals surface area contributed by atoms with Gasteiger partial charge in [0, 0.05) is 50.3 Å². The van der Waals surface area contributed by atoms with Gasteiger partial charge < -0.3 is 9.80 Å². The largest absolute Gasteiger partial charge is 0.337 e. The molecule has 6 nitrogen and oxygen atoms in total. The minimum atomic E-state index is 0.0984. The zero-order valence-electron chi connectivity index (χ0n) is 14.5. The Bertz CT molecular complexity index is 710. The van der Waals surface area contributed by atoms with Crippen molar-refractivity contribution in [1.29, 1.82) is 0 Å². The molecular formula is C19H25N5O. The second-order valence-electron chi connectivity index (χ2n) is 7.10. The monoisotopic (exact) mass is 339 g/mol. The molecule has 1 aliphatic carbocycles. The third kappa shape index (κ3) is 3.74. The van der Waals surface area contributed by atoms with Crippen LogP contribution < -0.4 is 0 Å². The lowest BCUT2D eigenvalue weighted by Gasteiger charge is -2.31. The number of aromatic nitrogens is 3. The molecule has 3 heterocycles. The van der Waals surface area contributed by atoms with Crippen LogP contribution in [0.1, 0.15) is 36.0 Å². The lowest BCUT2D eigenvalue weighted by Crippen LogP contribution is -2.37. The fraction of sp³-hybridized carbons (Fsp3) is 0.526. The van der Waals surface area contributed by atoms with Gasteiger partial charge in [-0.3, -0.25) is 4.79 Å². The molecule has 132 valence electrons. The van der Waals surface area contributed by atoms with Gasteiger partial charge in [-0.2, -0.15) is 5.10 Å². The van der Waals surface area contributed by atoms with Gasteiger partial charge in [-0.1, -0.05) is 6.42 Å². The second kappa shape index (κ2) is 7.35. The highest BCUT2D eigenvalue weighted by Gasteiger charge is 2.24. The van der Waals surface area contributed by atoms with Crippen molar-refractivity contribution in [1.82, 2.24) is 24.6 Å². The normalized spacial score (nSPS) is 19.4. The Balaban J connectivity index is 1.41. The Hall–Kier alpha value is -2.21. The van der Waals surface area contributed by atoms with Crippen molar-refractivity contribution in [2.45, 2.75) is 25.7 Å². The molecule has 1 saturated heterocycles. The third-order valence-electron chi connectivity index (χ3n) is 5.35. The molecule has 0 unspecified atom stereocenters. The van der Waals surface area contributed by atoms with E-state index in [1.54, 1.807) is 23.1 Å². The maximum absolute atomic E-state index is 12.9. The standard InChI is InChI=1S/C19H25N5O/c25-19(17-6-8-20-18(14-17)24-11-2-7-21-24)23-10-3-9-22(12-13-23)15-16-4-1-5-16/h2,6-8,11,14,16H,1,3-5,9-10,12-13,15H2. The van der Waals surface area contributed by atoms with Crippen molar-refractivity contribution < 1.29 is 4.79 Å². The Labute approximate surface area is 148 Å². The van der Waals surface area contributed by atoms with Crippen LogP contribution in [0.4, 0.5) is 0 Å². The minimum Gasteiger partial charge on any atom is -0.337 e. The van der Waals surface area contributed by atoms with Crippen LogP contribution in [0.3, 0.4) is 0 Å². The number of pyridine rings is 1. The number of carbonyl (C=O) groups is 1. The van der Waals surface area contributed by atoms with Gasteiger partial charge in [0.05, 0.1) is 0 Å². The fourth-order valence-corrected chi connectivity index (χ4v) is 3.66. The van der Waals surface area contributed by atoms with Crippen LogP contribution in [0.5, 0.6) is 0 Å². The average molecular weight is 339 g/mol. The van der Waals surface area contributed by atoms with Crippen LogP contribution in [0.2, 0.25) is 0 Å². The minimum absolute atomic E-state index is 0.0984. The number of nitrogens with zero attached hydrogens (tertiary/aromatic N) is 5. The summed E-state index contributed by atoms with van der Waals surface area (Å²) in [7, 11) is 0. The van der Waals surface area contributed by atoms with Crippen molar-refractivity contribution in [3.63, 3.8) is 0 Å². The zero-order valence-corrected chi connectivity index (χ0v) is 14.5. The SMILES string of the molecule is O=C(c1ccnc(-n2cccn2)c1)N1CCCN(CC2CCC2)CC1. The lowest BCUT2D eigenvalue weighted by atomic mass is 9.85. The molecule has 2 aromatic rings. The summed E-state index contributed by atoms with van der Waals surface area (Å²) >= 11 is 0. The molecule has 2 aromatic heterocycles. The van der Waals surface area contributed by atoms with E-state index in [2.05, 4.69) is 15.0 Å². The number of carbonyl (C=O) groups excluding carboxylic acids is 1. The highest BCUT2D eigenvalue weighted by Crippen LogP contribution is 2.27. The quantitative estimate of drug-likeness (QED) is 0.857. The highest BCUT2D eigenvalue weighted by atomic mass is 16.2. The summed E-state index contributed by atoms with van der Waals surface area (Å²) < 4.78 is 1.68. The molecule has 0 N–H and O–H groups in total. The summed E-state index contributed by atoms with van der Waals surface area (Å²) in [5.74, 6) is 1.66. The first-order valence-corrected chi connectivity index (χ1v) is 9.27. The fourth-order valence-electron chi connectivity index (χ4n) is 3.66. The topological polar surface area (TPSA) is 54.3 Å². The van der Waals surface area contributed by atoms with Crippen LogP contribution in [0, 0.1) is 5.92 Å². The predicted octanol–water partition coefficient (Wildman–Crippen LogP) is 2.22. The van der Waals surface area contributed by atoms with E-state index < -0.39 is 0 Å². The first-order chi connectivity index (χ1) is 12.3. The number of hydrogen-bond acceptors (Lipinski definition) is 4. The maximum Gasteiger partial charge on any atom is 0.254 e. The molecule has 1 aliphatic heterocycles. The molecule has 0 radical (unpaired) electrons. The summed E-state index contributed by atoms with van der Waals surface area (Å²) in [4.78, 5) is 21.8. The van der Waals surface area contributed by atoms with E-state index in [1.165, 1.54) is 25.8 Å². The molecule has 0 bridgehead atoms. The zero-order chi connectivity index (χ0) is 17.1. The molecule has 0 spiro atoms. The van der Waals surface area contributed by atoms with Crippen molar-refractivity contribution in [2.75, 3.05) is 32.7 Å². The number of rotatable bonds is 4. The molecule has 0 atom stereocenters. The van der Waals surface area contributed by atoms with Gasteiger partial charge >= 0.3 is 0 Å². The van der Waals surface area contributed by atoms with Crippen molar-refractivity contribution in [3.8, 4) is 5.82 Å². The molecule has 1 saturated carbocycles. The Kier molecular flexibility index (Phi) is 4.78. The number of amides is 1. The highest BCUT2D eigenvalue weighted by molar-refractivity contribution is 5.94. The van der Waals surface area contributed by atoms with E-state index in [-0.39, 0.29) is 5.91 Å². The first kappa shape index (κ1) is 16.3. The van der Waals surface area contributed by atoms with Gasteiger partial charge in [-0.05, 0) is 49.9 Å². The van der Waals surface area contributed by atoms with Crippen LogP contribution in [-0.2, 0) is 0 Å². The van der Waals surface area contributed by atoms with Crippen molar-refractivity contribution in [3.05, 3.63) is 42.4 Å². The molecule has 4 rings (SSSR count). The summed E-state index contributed by atoms with van der Waals surface area (Å²) in [6.45, 7) is 4.94. The lowest BCUT2D eigenvalue weighted by molar-refractivity contribution is 0.0759. The van der Waals surface area contributed by atoms with Crippen LogP contribution in [0.25, 0.3) is 5.82 Å². The van der Waals surface area contributed by atoms with Gasteiger partial charge in [0.25, 0.3) is 5.91 Å². The van der Waals surface area contributed by atoms with Gasteiger partial charge in [0.1, 0.15) is 0 Å². The Morgan fingerprint density at radius 3 is 2.80 bits per heavy atom. The smallest absolute Gasteiger partial charge is 0.254 e. The molecule has 2 fully saturated rings. The second-order valence-corrected chi connectivity index (χ2v) is 7.10. The van der Waals surface area contributed by atoms with Crippen molar-refractivity contribution >= 4 is 5.91 Å². The van der Waals surface area contributed by atoms with Crippen LogP contribution in [-0.4, -0.2) is 63.2 Å². The summed E-state index contributed by atoms with van der Waals surface area (Å²) in [6, 6.07) is 5.47. The van der Waals surface area contributed by atoms with E-state index in [4.69, 9.17) is 0 Å². The number of hydrogen-bond donors (Lipinski definition) is 0. The van der Waals surface area contributed by atoms with Gasteiger partial charge in [0.15, 0.2) is 5.82 Å². The van der Waals surface area contributed by atoms with Gasteiger partial charge in [0.2, 0.25) is 0 Å². The molecular weight excluding hydrogens is 314 g/mol. The van der Waals surface area contributed by atoms with Crippen molar-refractivity contribution in [2.24, 2.45) is 5.92 Å².